The SMILES string of the molecule is CCn1cncc1CNc1ccccc1CN(C)C(C)=O. The van der Waals surface area contributed by atoms with E-state index in [1.54, 1.807) is 11.8 Å². The summed E-state index contributed by atoms with van der Waals surface area (Å²) >= 11 is 0. The Kier molecular flexibility index (Phi) is 4.98. The third-order valence-electron chi connectivity index (χ3n) is 3.56. The largest absolute Gasteiger partial charge is 0.379 e. The van der Waals surface area contributed by atoms with E-state index in [1.165, 1.54) is 0 Å². The fraction of sp³-hybridized carbons (Fsp3) is 0.375. The fourth-order valence-corrected chi connectivity index (χ4v) is 2.16. The van der Waals surface area contributed by atoms with Crippen molar-refractivity contribution >= 4 is 11.6 Å². The Hall–Kier alpha value is -2.30. The molecule has 1 heterocycles. The predicted octanol–water partition coefficient (Wildman–Crippen LogP) is 2.49. The molecular weight excluding hydrogens is 264 g/mol. The Morgan fingerprint density at radius 3 is 2.86 bits per heavy atom. The average Bonchev–Trinajstić information content (AvgIpc) is 2.93. The fourth-order valence-electron chi connectivity index (χ4n) is 2.16. The molecule has 1 amide bonds. The third kappa shape index (κ3) is 3.84. The number of carbonyl (C=O) groups excluding carboxylic acids is 1. The molecule has 112 valence electrons. The lowest BCUT2D eigenvalue weighted by atomic mass is 10.1. The van der Waals surface area contributed by atoms with Gasteiger partial charge < -0.3 is 14.8 Å². The third-order valence-corrected chi connectivity index (χ3v) is 3.56. The van der Waals surface area contributed by atoms with Crippen LogP contribution in [0.3, 0.4) is 0 Å². The zero-order valence-electron chi connectivity index (χ0n) is 12.8. The minimum atomic E-state index is 0.0638. The summed E-state index contributed by atoms with van der Waals surface area (Å²) in [4.78, 5) is 17.3. The summed E-state index contributed by atoms with van der Waals surface area (Å²) in [6.45, 7) is 5.91. The van der Waals surface area contributed by atoms with Crippen molar-refractivity contribution in [3.8, 4) is 0 Å². The van der Waals surface area contributed by atoms with Crippen LogP contribution in [0.15, 0.2) is 36.8 Å². The zero-order chi connectivity index (χ0) is 15.2. The number of para-hydroxylation sites is 1. The lowest BCUT2D eigenvalue weighted by Gasteiger charge is -2.18. The topological polar surface area (TPSA) is 50.2 Å². The number of aryl methyl sites for hydroxylation is 1. The van der Waals surface area contributed by atoms with Gasteiger partial charge in [0.1, 0.15) is 0 Å². The van der Waals surface area contributed by atoms with E-state index >= 15 is 0 Å². The average molecular weight is 286 g/mol. The molecule has 0 spiro atoms. The first-order valence-electron chi connectivity index (χ1n) is 7.14. The highest BCUT2D eigenvalue weighted by Crippen LogP contribution is 2.18. The Morgan fingerprint density at radius 2 is 2.14 bits per heavy atom. The van der Waals surface area contributed by atoms with Gasteiger partial charge in [-0.25, -0.2) is 4.98 Å². The first kappa shape index (κ1) is 15.1. The van der Waals surface area contributed by atoms with E-state index in [9.17, 15) is 4.79 Å². The molecule has 0 aliphatic rings. The molecule has 0 saturated heterocycles. The number of imidazole rings is 1. The van der Waals surface area contributed by atoms with E-state index in [0.717, 1.165) is 23.5 Å². The van der Waals surface area contributed by atoms with Crippen LogP contribution in [0.1, 0.15) is 25.1 Å². The van der Waals surface area contributed by atoms with Gasteiger partial charge in [-0.3, -0.25) is 4.79 Å². The van der Waals surface area contributed by atoms with Crippen LogP contribution >= 0.6 is 0 Å². The minimum Gasteiger partial charge on any atom is -0.379 e. The van der Waals surface area contributed by atoms with Crippen LogP contribution in [0.2, 0.25) is 0 Å². The first-order chi connectivity index (χ1) is 10.1. The number of benzene rings is 1. The van der Waals surface area contributed by atoms with Gasteiger partial charge in [0, 0.05) is 38.9 Å². The monoisotopic (exact) mass is 286 g/mol. The summed E-state index contributed by atoms with van der Waals surface area (Å²) < 4.78 is 2.11. The van der Waals surface area contributed by atoms with Crippen LogP contribution in [0.25, 0.3) is 0 Å². The maximum Gasteiger partial charge on any atom is 0.219 e. The summed E-state index contributed by atoms with van der Waals surface area (Å²) in [5.41, 5.74) is 3.31. The standard InChI is InChI=1S/C16H22N4O/c1-4-20-12-17-9-15(20)10-18-16-8-6-5-7-14(16)11-19(3)13(2)21/h5-9,12,18H,4,10-11H2,1-3H3. The van der Waals surface area contributed by atoms with Crippen molar-refractivity contribution in [1.29, 1.82) is 0 Å². The molecule has 1 aromatic carbocycles. The summed E-state index contributed by atoms with van der Waals surface area (Å²) in [7, 11) is 1.81. The van der Waals surface area contributed by atoms with Crippen molar-refractivity contribution in [2.24, 2.45) is 0 Å². The molecule has 2 aromatic rings. The number of hydrogen-bond acceptors (Lipinski definition) is 3. The Labute approximate surface area is 125 Å². The molecule has 0 aliphatic carbocycles. The molecule has 0 aliphatic heterocycles. The molecule has 5 heteroatoms. The lowest BCUT2D eigenvalue weighted by molar-refractivity contribution is -0.128. The summed E-state index contributed by atoms with van der Waals surface area (Å²) in [6.07, 6.45) is 3.72. The highest BCUT2D eigenvalue weighted by atomic mass is 16.2. The molecule has 0 bridgehead atoms. The predicted molar refractivity (Wildman–Crippen MR) is 83.8 cm³/mol. The van der Waals surface area contributed by atoms with E-state index in [2.05, 4.69) is 21.8 Å². The molecule has 1 N–H and O–H groups in total. The van der Waals surface area contributed by atoms with E-state index in [4.69, 9.17) is 0 Å². The van der Waals surface area contributed by atoms with Crippen LogP contribution < -0.4 is 5.32 Å². The van der Waals surface area contributed by atoms with Gasteiger partial charge in [0.05, 0.1) is 18.6 Å². The number of hydrogen-bond donors (Lipinski definition) is 1. The first-order valence-corrected chi connectivity index (χ1v) is 7.14. The highest BCUT2D eigenvalue weighted by molar-refractivity contribution is 5.73. The zero-order valence-corrected chi connectivity index (χ0v) is 12.8. The second-order valence-corrected chi connectivity index (χ2v) is 5.06. The van der Waals surface area contributed by atoms with E-state index < -0.39 is 0 Å². The second kappa shape index (κ2) is 6.92. The van der Waals surface area contributed by atoms with E-state index in [-0.39, 0.29) is 5.91 Å². The molecule has 0 saturated carbocycles. The summed E-state index contributed by atoms with van der Waals surface area (Å²) in [6, 6.07) is 8.07. The number of anilines is 1. The van der Waals surface area contributed by atoms with E-state index in [0.29, 0.717) is 13.1 Å². The van der Waals surface area contributed by atoms with Gasteiger partial charge in [0.15, 0.2) is 0 Å². The number of aromatic nitrogens is 2. The van der Waals surface area contributed by atoms with Crippen LogP contribution in [-0.2, 0) is 24.4 Å². The number of nitrogens with one attached hydrogen (secondary N) is 1. The molecule has 2 rings (SSSR count). The van der Waals surface area contributed by atoms with Crippen molar-refractivity contribution < 1.29 is 4.79 Å². The van der Waals surface area contributed by atoms with Crippen LogP contribution in [0.4, 0.5) is 5.69 Å². The maximum atomic E-state index is 11.4. The number of nitrogens with zero attached hydrogens (tertiary/aromatic N) is 3. The van der Waals surface area contributed by atoms with Crippen molar-refractivity contribution in [1.82, 2.24) is 14.5 Å². The highest BCUT2D eigenvalue weighted by Gasteiger charge is 2.08. The molecule has 5 nitrogen and oxygen atoms in total. The molecule has 1 aromatic heterocycles. The van der Waals surface area contributed by atoms with Crippen LogP contribution in [-0.4, -0.2) is 27.4 Å². The Bertz CT molecular complexity index is 606. The Morgan fingerprint density at radius 1 is 1.38 bits per heavy atom. The van der Waals surface area contributed by atoms with Crippen LogP contribution in [0, 0.1) is 0 Å². The molecule has 0 radical (unpaired) electrons. The minimum absolute atomic E-state index is 0.0638. The van der Waals surface area contributed by atoms with Gasteiger partial charge in [-0.05, 0) is 18.6 Å². The maximum absolute atomic E-state index is 11.4. The van der Waals surface area contributed by atoms with Gasteiger partial charge in [0.25, 0.3) is 0 Å². The number of amides is 1. The number of carbonyl (C=O) groups is 1. The Balaban J connectivity index is 2.08. The van der Waals surface area contributed by atoms with Gasteiger partial charge in [-0.15, -0.1) is 0 Å². The van der Waals surface area contributed by atoms with Crippen molar-refractivity contribution in [2.75, 3.05) is 12.4 Å². The smallest absolute Gasteiger partial charge is 0.219 e. The van der Waals surface area contributed by atoms with E-state index in [1.807, 2.05) is 43.8 Å². The quantitative estimate of drug-likeness (QED) is 0.887. The van der Waals surface area contributed by atoms with Crippen LogP contribution in [0.5, 0.6) is 0 Å². The van der Waals surface area contributed by atoms with Crippen molar-refractivity contribution in [3.05, 3.63) is 48.0 Å². The van der Waals surface area contributed by atoms with Crippen molar-refractivity contribution in [3.63, 3.8) is 0 Å². The molecule has 0 fully saturated rings. The molecule has 21 heavy (non-hydrogen) atoms. The van der Waals surface area contributed by atoms with Crippen molar-refractivity contribution in [2.45, 2.75) is 33.5 Å². The summed E-state index contributed by atoms with van der Waals surface area (Å²) in [5.74, 6) is 0.0638. The van der Waals surface area contributed by atoms with Gasteiger partial charge in [0.2, 0.25) is 5.91 Å². The molecule has 0 unspecified atom stereocenters. The second-order valence-electron chi connectivity index (χ2n) is 5.06. The van der Waals surface area contributed by atoms with Gasteiger partial charge >= 0.3 is 0 Å². The normalized spacial score (nSPS) is 10.4. The molecular formula is C16H22N4O. The molecule has 0 atom stereocenters. The lowest BCUT2D eigenvalue weighted by Crippen LogP contribution is -2.23. The summed E-state index contributed by atoms with van der Waals surface area (Å²) in [5, 5.41) is 3.44. The van der Waals surface area contributed by atoms with Gasteiger partial charge in [-0.2, -0.15) is 0 Å². The van der Waals surface area contributed by atoms with Gasteiger partial charge in [-0.1, -0.05) is 18.2 Å². The number of rotatable bonds is 6.